The highest BCUT2D eigenvalue weighted by molar-refractivity contribution is 8.00. The molecule has 6 rings (SSSR count). The third kappa shape index (κ3) is 9.91. The van der Waals surface area contributed by atoms with Gasteiger partial charge in [-0.25, -0.2) is 9.59 Å². The normalized spacial score (nSPS) is 30.5. The van der Waals surface area contributed by atoms with E-state index in [-0.39, 0.29) is 52.9 Å². The molecule has 16 nitrogen and oxygen atoms in total. The van der Waals surface area contributed by atoms with Crippen LogP contribution in [-0.2, 0) is 47.7 Å². The number of benzene rings is 2. The second-order valence-electron chi connectivity index (χ2n) is 20.6. The van der Waals surface area contributed by atoms with E-state index in [4.69, 9.17) is 23.7 Å². The van der Waals surface area contributed by atoms with Crippen molar-refractivity contribution in [2.75, 3.05) is 18.1 Å². The maximum Gasteiger partial charge on any atom is 0.408 e. The minimum atomic E-state index is -2.24. The molecule has 0 radical (unpaired) electrons. The summed E-state index contributed by atoms with van der Waals surface area (Å²) in [5, 5.41) is 40.7. The number of alkyl carbamates (subject to hydrolysis) is 1. The van der Waals surface area contributed by atoms with Crippen molar-refractivity contribution in [3.05, 3.63) is 82.9 Å². The van der Waals surface area contributed by atoms with Crippen molar-refractivity contribution in [2.45, 2.75) is 142 Å². The summed E-state index contributed by atoms with van der Waals surface area (Å²) >= 11 is 0.986. The molecule has 11 atom stereocenters. The molecule has 2 aromatic rings. The fourth-order valence-corrected chi connectivity index (χ4v) is 11.7. The van der Waals surface area contributed by atoms with Crippen LogP contribution < -0.4 is 5.32 Å². The molecule has 1 amide bonds. The molecule has 2 saturated carbocycles. The van der Waals surface area contributed by atoms with E-state index in [0.29, 0.717) is 5.56 Å². The number of amides is 1. The quantitative estimate of drug-likeness (QED) is 0.0753. The highest BCUT2D eigenvalue weighted by atomic mass is 32.2. The number of aliphatic hydroxyl groups is 3. The van der Waals surface area contributed by atoms with Crippen LogP contribution in [0.25, 0.3) is 0 Å². The van der Waals surface area contributed by atoms with E-state index in [2.05, 4.69) is 5.32 Å². The summed E-state index contributed by atoms with van der Waals surface area (Å²) in [5.41, 5.74) is -7.74. The maximum atomic E-state index is 15.9. The Morgan fingerprint density at radius 1 is 0.941 bits per heavy atom. The number of carbonyl (C=O) groups is 7. The lowest BCUT2D eigenvalue weighted by Gasteiger charge is -2.68. The number of fused-ring (bicyclic) bond motifs is 5. The number of carbonyl (C=O) groups excluding carboxylic acids is 7. The van der Waals surface area contributed by atoms with Gasteiger partial charge in [-0.3, -0.25) is 24.0 Å². The van der Waals surface area contributed by atoms with Gasteiger partial charge in [0.1, 0.15) is 23.6 Å². The van der Waals surface area contributed by atoms with Gasteiger partial charge in [-0.15, -0.1) is 11.8 Å². The van der Waals surface area contributed by atoms with Crippen molar-refractivity contribution in [1.29, 1.82) is 0 Å². The van der Waals surface area contributed by atoms with Crippen LogP contribution in [0.2, 0.25) is 0 Å². The Labute approximate surface area is 401 Å². The van der Waals surface area contributed by atoms with E-state index in [0.717, 1.165) is 11.8 Å². The van der Waals surface area contributed by atoms with Crippen LogP contribution in [0.15, 0.2) is 71.8 Å². The summed E-state index contributed by atoms with van der Waals surface area (Å²) in [5.74, 6) is -7.77. The van der Waals surface area contributed by atoms with Gasteiger partial charge in [0.15, 0.2) is 29.4 Å². The zero-order chi connectivity index (χ0) is 50.3. The van der Waals surface area contributed by atoms with Crippen molar-refractivity contribution in [3.63, 3.8) is 0 Å². The number of ketones is 3. The summed E-state index contributed by atoms with van der Waals surface area (Å²) in [7, 11) is 0. The fraction of sp³-hybridized carbons (Fsp3) is 0.588. The monoisotopic (exact) mass is 963 g/mol. The van der Waals surface area contributed by atoms with Crippen LogP contribution in [0.5, 0.6) is 0 Å². The van der Waals surface area contributed by atoms with Crippen LogP contribution in [-0.4, -0.2) is 122 Å². The van der Waals surface area contributed by atoms with Gasteiger partial charge >= 0.3 is 24.0 Å². The number of aliphatic hydroxyl groups excluding tert-OH is 2. The van der Waals surface area contributed by atoms with Gasteiger partial charge in [-0.05, 0) is 51.3 Å². The molecule has 3 fully saturated rings. The number of thioether (sulfide) groups is 1. The third-order valence-electron chi connectivity index (χ3n) is 14.4. The summed E-state index contributed by atoms with van der Waals surface area (Å²) in [6, 6.07) is 15.0. The summed E-state index contributed by atoms with van der Waals surface area (Å²) in [6.45, 7) is 15.5. The molecule has 1 aliphatic heterocycles. The SMILES string of the molecule is CC(=O)O[C@@]12CO[C@@H]1C[C@H](O)[C@@]1(C)C(=O)[C@H](OC(=O)CSCC(=O)C(C)C)C3=C(C)[C@@H](OC(=O)[C@H](O)[C@@H](NC(=O)OC(C)(C)C)c4ccccc4)C[C@@](O)([C@@H](CC(=O)c4ccccc4)[C@H]21)C3(C)C. The molecule has 1 heterocycles. The second-order valence-corrected chi connectivity index (χ2v) is 21.5. The first-order valence-corrected chi connectivity index (χ1v) is 24.1. The molecular formula is C51H65NO15S. The lowest BCUT2D eigenvalue weighted by Crippen LogP contribution is -2.80. The van der Waals surface area contributed by atoms with Crippen molar-refractivity contribution in [3.8, 4) is 0 Å². The number of ether oxygens (including phenoxy) is 5. The largest absolute Gasteiger partial charge is 0.456 e. The smallest absolute Gasteiger partial charge is 0.408 e. The van der Waals surface area contributed by atoms with E-state index in [1.54, 1.807) is 109 Å². The summed E-state index contributed by atoms with van der Waals surface area (Å²) in [4.78, 5) is 97.8. The molecule has 2 aromatic carbocycles. The first kappa shape index (κ1) is 52.4. The molecule has 0 spiro atoms. The van der Waals surface area contributed by atoms with Gasteiger partial charge in [-0.2, -0.15) is 0 Å². The predicted octanol–water partition coefficient (Wildman–Crippen LogP) is 5.43. The topological polar surface area (TPSA) is 238 Å². The average molecular weight is 964 g/mol. The van der Waals surface area contributed by atoms with Crippen LogP contribution in [0, 0.1) is 28.6 Å². The van der Waals surface area contributed by atoms with Gasteiger partial charge < -0.3 is 44.3 Å². The highest BCUT2D eigenvalue weighted by Gasteiger charge is 2.77. The van der Waals surface area contributed by atoms with Crippen molar-refractivity contribution >= 4 is 53.1 Å². The number of hydrogen-bond acceptors (Lipinski definition) is 16. The first-order chi connectivity index (χ1) is 31.7. The summed E-state index contributed by atoms with van der Waals surface area (Å²) in [6.07, 6.45) is -10.1. The number of Topliss-reactive ketones (excluding diaryl/α,β-unsaturated/α-hetero) is 3. The molecule has 17 heteroatoms. The molecule has 0 aromatic heterocycles. The van der Waals surface area contributed by atoms with Crippen LogP contribution >= 0.6 is 11.8 Å². The number of esters is 3. The van der Waals surface area contributed by atoms with E-state index >= 15 is 4.79 Å². The lowest BCUT2D eigenvalue weighted by atomic mass is 9.42. The average Bonchev–Trinajstić information content (AvgIpc) is 3.26. The Hall–Kier alpha value is -4.94. The molecule has 1 saturated heterocycles. The molecule has 4 N–H and O–H groups in total. The molecule has 2 bridgehead atoms. The highest BCUT2D eigenvalue weighted by Crippen LogP contribution is 2.66. The number of nitrogens with one attached hydrogen (secondary N) is 1. The van der Waals surface area contributed by atoms with Crippen molar-refractivity contribution < 1.29 is 72.6 Å². The Kier molecular flexibility index (Phi) is 15.3. The van der Waals surface area contributed by atoms with Gasteiger partial charge in [0, 0.05) is 54.9 Å². The fourth-order valence-electron chi connectivity index (χ4n) is 10.8. The van der Waals surface area contributed by atoms with Crippen molar-refractivity contribution in [2.24, 2.45) is 28.6 Å². The third-order valence-corrected chi connectivity index (χ3v) is 15.3. The van der Waals surface area contributed by atoms with Crippen LogP contribution in [0.4, 0.5) is 4.79 Å². The van der Waals surface area contributed by atoms with E-state index in [1.807, 2.05) is 0 Å². The lowest BCUT2D eigenvalue weighted by molar-refractivity contribution is -0.339. The van der Waals surface area contributed by atoms with Crippen LogP contribution in [0.3, 0.4) is 0 Å². The van der Waals surface area contributed by atoms with E-state index in [1.165, 1.54) is 20.8 Å². The summed E-state index contributed by atoms with van der Waals surface area (Å²) < 4.78 is 30.0. The van der Waals surface area contributed by atoms with E-state index < -0.39 is 124 Å². The van der Waals surface area contributed by atoms with E-state index in [9.17, 15) is 44.1 Å². The zero-order valence-corrected chi connectivity index (χ0v) is 41.2. The molecule has 3 aliphatic carbocycles. The van der Waals surface area contributed by atoms with Gasteiger partial charge in [0.2, 0.25) is 0 Å². The first-order valence-electron chi connectivity index (χ1n) is 23.0. The molecule has 4 aliphatic rings. The molecule has 68 heavy (non-hydrogen) atoms. The Morgan fingerprint density at radius 3 is 2.12 bits per heavy atom. The second kappa shape index (κ2) is 19.8. The molecule has 370 valence electrons. The number of hydrogen-bond donors (Lipinski definition) is 4. The zero-order valence-electron chi connectivity index (χ0n) is 40.4. The molecular weight excluding hydrogens is 899 g/mol. The minimum Gasteiger partial charge on any atom is -0.456 e. The van der Waals surface area contributed by atoms with Crippen molar-refractivity contribution in [1.82, 2.24) is 5.32 Å². The Bertz CT molecular complexity index is 2310. The van der Waals surface area contributed by atoms with Crippen LogP contribution in [0.1, 0.15) is 110 Å². The molecule has 0 unspecified atom stereocenters. The van der Waals surface area contributed by atoms with Gasteiger partial charge in [0.25, 0.3) is 0 Å². The number of rotatable bonds is 15. The Balaban J connectivity index is 1.54. The van der Waals surface area contributed by atoms with Gasteiger partial charge in [-0.1, -0.05) is 88.4 Å². The maximum absolute atomic E-state index is 15.9. The predicted molar refractivity (Wildman–Crippen MR) is 248 cm³/mol. The van der Waals surface area contributed by atoms with Gasteiger partial charge in [0.05, 0.1) is 41.3 Å². The minimum absolute atomic E-state index is 0.0178. The standard InChI is InChI=1S/C51H65NO15S/c1-27(2)34(55)24-68-25-38(57)65-42-39-28(3)35(64-45(60)41(58)40(31-19-15-12-16-20-31)52-46(61)67-47(5,6)7)23-51(62,48(39,8)9)32(21-33(54)30-17-13-11-14-18-30)43-49(10,44(42)59)36(56)22-37-50(43,26-63-37)66-29(4)53/h11-20,27,32,35-37,40-43,56,58,62H,21-26H2,1-10H3,(H,52,61)/t32-,35-,36-,37+,40-,41+,42+,43-,49+,50-,51+/m0/s1. The Morgan fingerprint density at radius 2 is 1.56 bits per heavy atom.